The summed E-state index contributed by atoms with van der Waals surface area (Å²) in [6.45, 7) is 7.26. The quantitative estimate of drug-likeness (QED) is 0.393. The number of hydrogen-bond donors (Lipinski definition) is 1. The Morgan fingerprint density at radius 2 is 1.64 bits per heavy atom. The van der Waals surface area contributed by atoms with Gasteiger partial charge in [-0.2, -0.15) is 0 Å². The molecule has 0 radical (unpaired) electrons. The molecule has 0 fully saturated rings. The van der Waals surface area contributed by atoms with Gasteiger partial charge in [0.15, 0.2) is 11.5 Å². The van der Waals surface area contributed by atoms with Gasteiger partial charge in [-0.15, -0.1) is 0 Å². The predicted octanol–water partition coefficient (Wildman–Crippen LogP) is 6.02. The second kappa shape index (κ2) is 9.14. The Labute approximate surface area is 192 Å². The van der Waals surface area contributed by atoms with Gasteiger partial charge in [-0.1, -0.05) is 57.2 Å². The molecule has 0 unspecified atom stereocenters. The highest BCUT2D eigenvalue weighted by Gasteiger charge is 2.22. The number of amides is 1. The lowest BCUT2D eigenvalue weighted by atomic mass is 9.87. The fourth-order valence-corrected chi connectivity index (χ4v) is 3.83. The first kappa shape index (κ1) is 22.6. The average molecular weight is 448 g/mol. The Morgan fingerprint density at radius 1 is 0.970 bits per heavy atom. The van der Waals surface area contributed by atoms with E-state index in [1.54, 1.807) is 29.3 Å². The monoisotopic (exact) mass is 447 g/mol. The van der Waals surface area contributed by atoms with Crippen LogP contribution in [0.5, 0.6) is 0 Å². The van der Waals surface area contributed by atoms with Crippen molar-refractivity contribution in [3.63, 3.8) is 0 Å². The molecule has 0 aliphatic heterocycles. The third kappa shape index (κ3) is 5.11. The summed E-state index contributed by atoms with van der Waals surface area (Å²) in [5, 5.41) is 0.335. The van der Waals surface area contributed by atoms with Gasteiger partial charge in [0.1, 0.15) is 5.82 Å². The molecule has 0 spiro atoms. The molecule has 0 atom stereocenters. The average Bonchev–Trinajstić information content (AvgIpc) is 3.28. The maximum Gasteiger partial charge on any atom is 0.274 e. The van der Waals surface area contributed by atoms with E-state index in [1.165, 1.54) is 17.7 Å². The van der Waals surface area contributed by atoms with Crippen molar-refractivity contribution in [2.75, 3.05) is 6.54 Å². The zero-order valence-electron chi connectivity index (χ0n) is 19.0. The molecule has 4 rings (SSSR count). The maximum absolute atomic E-state index is 14.1. The molecule has 0 saturated carbocycles. The molecule has 0 aliphatic rings. The molecule has 0 bridgehead atoms. The molecule has 2 aromatic carbocycles. The van der Waals surface area contributed by atoms with Gasteiger partial charge >= 0.3 is 0 Å². The van der Waals surface area contributed by atoms with Crippen molar-refractivity contribution in [1.82, 2.24) is 14.9 Å². The fraction of sp³-hybridized carbons (Fsp3) is 0.259. The van der Waals surface area contributed by atoms with E-state index >= 15 is 0 Å². The zero-order valence-corrected chi connectivity index (χ0v) is 19.0. The molecular formula is C27H27F2N3O. The molecule has 33 heavy (non-hydrogen) atoms. The third-order valence-corrected chi connectivity index (χ3v) is 5.81. The number of fused-ring (bicyclic) bond motifs is 1. The molecule has 4 aromatic rings. The van der Waals surface area contributed by atoms with E-state index in [4.69, 9.17) is 0 Å². The summed E-state index contributed by atoms with van der Waals surface area (Å²) < 4.78 is 27.4. The highest BCUT2D eigenvalue weighted by atomic mass is 19.1. The van der Waals surface area contributed by atoms with Gasteiger partial charge in [-0.25, -0.2) is 13.8 Å². The number of carbonyl (C=O) groups is 1. The minimum absolute atomic E-state index is 0.0356. The van der Waals surface area contributed by atoms with Crippen molar-refractivity contribution >= 4 is 16.8 Å². The second-order valence-corrected chi connectivity index (χ2v) is 9.27. The molecule has 2 aromatic heterocycles. The molecule has 1 N–H and O–H groups in total. The first-order valence-corrected chi connectivity index (χ1v) is 11.0. The highest BCUT2D eigenvalue weighted by molar-refractivity contribution is 6.03. The van der Waals surface area contributed by atoms with E-state index in [9.17, 15) is 13.6 Å². The molecule has 1 amide bonds. The molecule has 2 heterocycles. The van der Waals surface area contributed by atoms with E-state index in [-0.39, 0.29) is 22.8 Å². The summed E-state index contributed by atoms with van der Waals surface area (Å²) in [5.41, 5.74) is 3.73. The van der Waals surface area contributed by atoms with Crippen LogP contribution >= 0.6 is 0 Å². The van der Waals surface area contributed by atoms with Crippen molar-refractivity contribution in [3.8, 4) is 0 Å². The van der Waals surface area contributed by atoms with Crippen LogP contribution in [-0.4, -0.2) is 27.3 Å². The van der Waals surface area contributed by atoms with Crippen LogP contribution < -0.4 is 0 Å². The largest absolute Gasteiger partial charge is 0.359 e. The van der Waals surface area contributed by atoms with E-state index in [1.807, 2.05) is 12.1 Å². The summed E-state index contributed by atoms with van der Waals surface area (Å²) >= 11 is 0. The number of H-pyrrole nitrogens is 1. The highest BCUT2D eigenvalue weighted by Crippen LogP contribution is 2.24. The number of aromatic nitrogens is 2. The Morgan fingerprint density at radius 3 is 2.30 bits per heavy atom. The summed E-state index contributed by atoms with van der Waals surface area (Å²) in [7, 11) is 0. The van der Waals surface area contributed by atoms with Crippen LogP contribution in [0.15, 0.2) is 67.0 Å². The topological polar surface area (TPSA) is 49.0 Å². The molecule has 0 saturated heterocycles. The first-order valence-electron chi connectivity index (χ1n) is 11.0. The van der Waals surface area contributed by atoms with E-state index in [0.717, 1.165) is 17.3 Å². The van der Waals surface area contributed by atoms with E-state index in [0.29, 0.717) is 30.4 Å². The SMILES string of the molecule is CC(C)(C)c1ccc(CN(CCc2ccc(F)cc2)C(=O)c2ncc(F)c3cc[nH]c23)cc1. The standard InChI is InChI=1S/C27H27F2N3O/c1-27(2,3)20-8-4-19(5-9-20)17-32(15-13-18-6-10-21(28)11-7-18)26(33)25-24-22(12-14-30-24)23(29)16-31-25/h4-12,14,16,30H,13,15,17H2,1-3H3. The van der Waals surface area contributed by atoms with Gasteiger partial charge in [-0.3, -0.25) is 4.79 Å². The van der Waals surface area contributed by atoms with Crippen LogP contribution in [0.1, 0.15) is 48.0 Å². The van der Waals surface area contributed by atoms with Crippen LogP contribution in [0.4, 0.5) is 8.78 Å². The molecule has 6 heteroatoms. The number of nitrogens with zero attached hydrogens (tertiary/aromatic N) is 2. The summed E-state index contributed by atoms with van der Waals surface area (Å²) in [6, 6.07) is 16.1. The Hall–Kier alpha value is -3.54. The fourth-order valence-electron chi connectivity index (χ4n) is 3.83. The minimum atomic E-state index is -0.474. The van der Waals surface area contributed by atoms with Crippen LogP contribution in [0.3, 0.4) is 0 Å². The van der Waals surface area contributed by atoms with Crippen LogP contribution in [0.25, 0.3) is 10.9 Å². The lowest BCUT2D eigenvalue weighted by Crippen LogP contribution is -2.33. The minimum Gasteiger partial charge on any atom is -0.359 e. The van der Waals surface area contributed by atoms with Gasteiger partial charge in [0.2, 0.25) is 0 Å². The summed E-state index contributed by atoms with van der Waals surface area (Å²) in [5.74, 6) is -1.06. The number of rotatable bonds is 6. The van der Waals surface area contributed by atoms with Crippen molar-refractivity contribution in [3.05, 3.63) is 101 Å². The number of aromatic amines is 1. The van der Waals surface area contributed by atoms with Crippen molar-refractivity contribution < 1.29 is 13.6 Å². The van der Waals surface area contributed by atoms with Gasteiger partial charge < -0.3 is 9.88 Å². The van der Waals surface area contributed by atoms with Gasteiger partial charge in [0.25, 0.3) is 5.91 Å². The predicted molar refractivity (Wildman–Crippen MR) is 126 cm³/mol. The Kier molecular flexibility index (Phi) is 6.27. The van der Waals surface area contributed by atoms with Gasteiger partial charge in [-0.05, 0) is 46.7 Å². The first-order chi connectivity index (χ1) is 15.7. The Bertz CT molecular complexity index is 1260. The summed E-state index contributed by atoms with van der Waals surface area (Å²) in [6.07, 6.45) is 3.24. The van der Waals surface area contributed by atoms with E-state index in [2.05, 4.69) is 42.9 Å². The number of pyridine rings is 1. The van der Waals surface area contributed by atoms with Crippen LogP contribution in [-0.2, 0) is 18.4 Å². The van der Waals surface area contributed by atoms with E-state index < -0.39 is 5.82 Å². The van der Waals surface area contributed by atoms with Crippen molar-refractivity contribution in [1.29, 1.82) is 0 Å². The lowest BCUT2D eigenvalue weighted by molar-refractivity contribution is 0.0741. The molecular weight excluding hydrogens is 420 g/mol. The number of nitrogens with one attached hydrogen (secondary N) is 1. The maximum atomic E-state index is 14.1. The third-order valence-electron chi connectivity index (χ3n) is 5.81. The molecule has 170 valence electrons. The number of halogens is 2. The van der Waals surface area contributed by atoms with Crippen LogP contribution in [0, 0.1) is 11.6 Å². The summed E-state index contributed by atoms with van der Waals surface area (Å²) in [4.78, 5) is 22.3. The zero-order chi connectivity index (χ0) is 23.6. The molecule has 4 nitrogen and oxygen atoms in total. The Balaban J connectivity index is 1.62. The number of carbonyl (C=O) groups excluding carboxylic acids is 1. The smallest absolute Gasteiger partial charge is 0.274 e. The van der Waals surface area contributed by atoms with Crippen molar-refractivity contribution in [2.24, 2.45) is 0 Å². The lowest BCUT2D eigenvalue weighted by Gasteiger charge is -2.24. The second-order valence-electron chi connectivity index (χ2n) is 9.27. The van der Waals surface area contributed by atoms with Gasteiger partial charge in [0.05, 0.1) is 11.7 Å². The number of hydrogen-bond acceptors (Lipinski definition) is 2. The van der Waals surface area contributed by atoms with Crippen molar-refractivity contribution in [2.45, 2.75) is 39.2 Å². The number of benzene rings is 2. The van der Waals surface area contributed by atoms with Gasteiger partial charge in [0, 0.05) is 24.7 Å². The normalized spacial score (nSPS) is 11.7. The molecule has 0 aliphatic carbocycles. The van der Waals surface area contributed by atoms with Crippen LogP contribution in [0.2, 0.25) is 0 Å².